The molecule has 0 radical (unpaired) electrons. The lowest BCUT2D eigenvalue weighted by Gasteiger charge is -2.10. The van der Waals surface area contributed by atoms with Crippen LogP contribution >= 0.6 is 0 Å². The SMILES string of the molecule is COc1ccc([N+](=O)[O-])cc1CNCCCOCC(C)C. The normalized spacial score (nSPS) is 10.9. The van der Waals surface area contributed by atoms with E-state index in [1.807, 2.05) is 0 Å². The molecule has 1 rings (SSSR count). The van der Waals surface area contributed by atoms with Crippen molar-refractivity contribution in [1.82, 2.24) is 5.32 Å². The lowest BCUT2D eigenvalue weighted by atomic mass is 10.1. The Morgan fingerprint density at radius 3 is 2.76 bits per heavy atom. The van der Waals surface area contributed by atoms with E-state index in [4.69, 9.17) is 9.47 Å². The number of hydrogen-bond donors (Lipinski definition) is 1. The highest BCUT2D eigenvalue weighted by Gasteiger charge is 2.10. The molecule has 1 aromatic rings. The van der Waals surface area contributed by atoms with Gasteiger partial charge in [0.15, 0.2) is 0 Å². The van der Waals surface area contributed by atoms with Crippen LogP contribution in [-0.2, 0) is 11.3 Å². The fourth-order valence-electron chi connectivity index (χ4n) is 1.86. The van der Waals surface area contributed by atoms with Gasteiger partial charge in [-0.2, -0.15) is 0 Å². The second kappa shape index (κ2) is 9.31. The van der Waals surface area contributed by atoms with Crippen molar-refractivity contribution < 1.29 is 14.4 Å². The van der Waals surface area contributed by atoms with Gasteiger partial charge in [0.1, 0.15) is 5.75 Å². The van der Waals surface area contributed by atoms with Crippen molar-refractivity contribution in [2.75, 3.05) is 26.9 Å². The predicted molar refractivity (Wildman–Crippen MR) is 81.6 cm³/mol. The molecular formula is C15H24N2O4. The van der Waals surface area contributed by atoms with Gasteiger partial charge < -0.3 is 14.8 Å². The second-order valence-electron chi connectivity index (χ2n) is 5.25. The molecule has 0 bridgehead atoms. The molecule has 6 nitrogen and oxygen atoms in total. The molecule has 0 aliphatic rings. The van der Waals surface area contributed by atoms with Gasteiger partial charge in [0.2, 0.25) is 0 Å². The van der Waals surface area contributed by atoms with Crippen molar-refractivity contribution in [3.63, 3.8) is 0 Å². The number of benzene rings is 1. The van der Waals surface area contributed by atoms with Crippen LogP contribution < -0.4 is 10.1 Å². The van der Waals surface area contributed by atoms with Gasteiger partial charge >= 0.3 is 0 Å². The van der Waals surface area contributed by atoms with Crippen LogP contribution in [0, 0.1) is 16.0 Å². The Balaban J connectivity index is 2.36. The number of nitrogens with one attached hydrogen (secondary N) is 1. The van der Waals surface area contributed by atoms with E-state index in [9.17, 15) is 10.1 Å². The molecule has 0 heterocycles. The summed E-state index contributed by atoms with van der Waals surface area (Å²) in [5.74, 6) is 1.20. The molecule has 1 aromatic carbocycles. The number of nitrogens with zero attached hydrogens (tertiary/aromatic N) is 1. The van der Waals surface area contributed by atoms with Crippen LogP contribution in [-0.4, -0.2) is 31.8 Å². The van der Waals surface area contributed by atoms with E-state index < -0.39 is 4.92 Å². The van der Waals surface area contributed by atoms with Crippen LogP contribution in [0.1, 0.15) is 25.8 Å². The van der Waals surface area contributed by atoms with Gasteiger partial charge in [0.25, 0.3) is 5.69 Å². The maximum atomic E-state index is 10.8. The Morgan fingerprint density at radius 1 is 1.38 bits per heavy atom. The zero-order valence-electron chi connectivity index (χ0n) is 12.9. The average molecular weight is 296 g/mol. The third kappa shape index (κ3) is 6.55. The second-order valence-corrected chi connectivity index (χ2v) is 5.25. The maximum absolute atomic E-state index is 10.8. The lowest BCUT2D eigenvalue weighted by Crippen LogP contribution is -2.17. The first-order valence-electron chi connectivity index (χ1n) is 7.14. The molecule has 21 heavy (non-hydrogen) atoms. The van der Waals surface area contributed by atoms with Gasteiger partial charge in [-0.15, -0.1) is 0 Å². The zero-order chi connectivity index (χ0) is 15.7. The van der Waals surface area contributed by atoms with E-state index in [0.29, 0.717) is 18.2 Å². The predicted octanol–water partition coefficient (Wildman–Crippen LogP) is 2.76. The molecule has 0 spiro atoms. The molecule has 0 saturated carbocycles. The molecule has 0 aliphatic carbocycles. The highest BCUT2D eigenvalue weighted by Crippen LogP contribution is 2.23. The Bertz CT molecular complexity index is 449. The molecule has 1 N–H and O–H groups in total. The van der Waals surface area contributed by atoms with Crippen LogP contribution in [0.3, 0.4) is 0 Å². The quantitative estimate of drug-likeness (QED) is 0.408. The summed E-state index contributed by atoms with van der Waals surface area (Å²) in [4.78, 5) is 10.4. The first-order chi connectivity index (χ1) is 10.0. The van der Waals surface area contributed by atoms with Gasteiger partial charge in [0.05, 0.1) is 12.0 Å². The van der Waals surface area contributed by atoms with Crippen LogP contribution in [0.25, 0.3) is 0 Å². The number of rotatable bonds is 10. The highest BCUT2D eigenvalue weighted by atomic mass is 16.6. The van der Waals surface area contributed by atoms with Crippen molar-refractivity contribution in [1.29, 1.82) is 0 Å². The van der Waals surface area contributed by atoms with Gasteiger partial charge in [-0.1, -0.05) is 13.8 Å². The van der Waals surface area contributed by atoms with E-state index in [2.05, 4.69) is 19.2 Å². The van der Waals surface area contributed by atoms with E-state index in [1.54, 1.807) is 19.2 Å². The summed E-state index contributed by atoms with van der Waals surface area (Å²) in [6.07, 6.45) is 0.907. The van der Waals surface area contributed by atoms with E-state index in [1.165, 1.54) is 6.07 Å². The third-order valence-electron chi connectivity index (χ3n) is 2.88. The summed E-state index contributed by atoms with van der Waals surface area (Å²) in [5, 5.41) is 14.0. The molecule has 6 heteroatoms. The van der Waals surface area contributed by atoms with Crippen molar-refractivity contribution in [3.05, 3.63) is 33.9 Å². The van der Waals surface area contributed by atoms with Gasteiger partial charge in [-0.3, -0.25) is 10.1 Å². The summed E-state index contributed by atoms with van der Waals surface area (Å²) in [6, 6.07) is 4.62. The summed E-state index contributed by atoms with van der Waals surface area (Å²) in [7, 11) is 1.56. The standard InChI is InChI=1S/C15H24N2O4/c1-12(2)11-21-8-4-7-16-10-13-9-14(17(18)19)5-6-15(13)20-3/h5-6,9,12,16H,4,7-8,10-11H2,1-3H3. The summed E-state index contributed by atoms with van der Waals surface area (Å²) in [5.41, 5.74) is 0.864. The fourth-order valence-corrected chi connectivity index (χ4v) is 1.86. The highest BCUT2D eigenvalue weighted by molar-refractivity contribution is 5.43. The number of hydrogen-bond acceptors (Lipinski definition) is 5. The first kappa shape index (κ1) is 17.4. The first-order valence-corrected chi connectivity index (χ1v) is 7.14. The molecule has 0 fully saturated rings. The van der Waals surface area contributed by atoms with Crippen molar-refractivity contribution in [3.8, 4) is 5.75 Å². The molecular weight excluding hydrogens is 272 g/mol. The van der Waals surface area contributed by atoms with Gasteiger partial charge in [0, 0.05) is 37.5 Å². The monoisotopic (exact) mass is 296 g/mol. The molecule has 0 amide bonds. The van der Waals surface area contributed by atoms with E-state index in [-0.39, 0.29) is 5.69 Å². The van der Waals surface area contributed by atoms with Crippen molar-refractivity contribution in [2.45, 2.75) is 26.8 Å². The van der Waals surface area contributed by atoms with Crippen LogP contribution in [0.15, 0.2) is 18.2 Å². The minimum absolute atomic E-state index is 0.0767. The van der Waals surface area contributed by atoms with Gasteiger partial charge in [-0.25, -0.2) is 0 Å². The number of ether oxygens (including phenoxy) is 2. The van der Waals surface area contributed by atoms with E-state index >= 15 is 0 Å². The van der Waals surface area contributed by atoms with Crippen molar-refractivity contribution in [2.24, 2.45) is 5.92 Å². The minimum atomic E-state index is -0.400. The topological polar surface area (TPSA) is 73.6 Å². The largest absolute Gasteiger partial charge is 0.496 e. The number of methoxy groups -OCH3 is 1. The number of nitro benzene ring substituents is 1. The minimum Gasteiger partial charge on any atom is -0.496 e. The Labute approximate surface area is 125 Å². The smallest absolute Gasteiger partial charge is 0.270 e. The molecule has 0 atom stereocenters. The van der Waals surface area contributed by atoms with E-state index in [0.717, 1.165) is 31.7 Å². The Kier molecular flexibility index (Phi) is 7.71. The molecule has 0 aliphatic heterocycles. The molecule has 0 unspecified atom stereocenters. The third-order valence-corrected chi connectivity index (χ3v) is 2.88. The zero-order valence-corrected chi connectivity index (χ0v) is 12.9. The molecule has 118 valence electrons. The van der Waals surface area contributed by atoms with Crippen LogP contribution in [0.2, 0.25) is 0 Å². The molecule has 0 aromatic heterocycles. The fraction of sp³-hybridized carbons (Fsp3) is 0.600. The average Bonchev–Trinajstić information content (AvgIpc) is 2.45. The van der Waals surface area contributed by atoms with Crippen molar-refractivity contribution >= 4 is 5.69 Å². The summed E-state index contributed by atoms with van der Waals surface area (Å²) in [6.45, 7) is 7.06. The number of non-ortho nitro benzene ring substituents is 1. The Hall–Kier alpha value is -1.66. The lowest BCUT2D eigenvalue weighted by molar-refractivity contribution is -0.384. The summed E-state index contributed by atoms with van der Waals surface area (Å²) >= 11 is 0. The maximum Gasteiger partial charge on any atom is 0.270 e. The van der Waals surface area contributed by atoms with Crippen LogP contribution in [0.5, 0.6) is 5.75 Å². The van der Waals surface area contributed by atoms with Crippen LogP contribution in [0.4, 0.5) is 5.69 Å². The Morgan fingerprint density at radius 2 is 2.14 bits per heavy atom. The number of nitro groups is 1. The summed E-state index contributed by atoms with van der Waals surface area (Å²) < 4.78 is 10.7. The molecule has 0 saturated heterocycles. The van der Waals surface area contributed by atoms with Gasteiger partial charge in [-0.05, 0) is 24.9 Å².